The molecule has 1 N–H and O–H groups in total. The molecule has 1 aliphatic rings. The van der Waals surface area contributed by atoms with Gasteiger partial charge in [-0.3, -0.25) is 9.69 Å². The molecule has 0 radical (unpaired) electrons. The lowest BCUT2D eigenvalue weighted by atomic mass is 10.1. The van der Waals surface area contributed by atoms with Gasteiger partial charge in [0.2, 0.25) is 0 Å². The summed E-state index contributed by atoms with van der Waals surface area (Å²) >= 11 is 0. The molecular weight excluding hydrogens is 352 g/mol. The fourth-order valence-corrected chi connectivity index (χ4v) is 3.32. The Labute approximate surface area is 167 Å². The van der Waals surface area contributed by atoms with Crippen LogP contribution in [0.25, 0.3) is 0 Å². The predicted octanol–water partition coefficient (Wildman–Crippen LogP) is 3.30. The molecule has 0 spiro atoms. The molecule has 1 atom stereocenters. The van der Waals surface area contributed by atoms with Crippen LogP contribution in [0.4, 0.5) is 0 Å². The number of aryl methyl sites for hydroxylation is 1. The van der Waals surface area contributed by atoms with E-state index in [1.165, 1.54) is 5.56 Å². The van der Waals surface area contributed by atoms with Gasteiger partial charge in [-0.1, -0.05) is 49.4 Å². The van der Waals surface area contributed by atoms with Gasteiger partial charge in [-0.15, -0.1) is 0 Å². The van der Waals surface area contributed by atoms with Crippen LogP contribution in [0.5, 0.6) is 5.75 Å². The lowest BCUT2D eigenvalue weighted by Crippen LogP contribution is -2.37. The zero-order valence-corrected chi connectivity index (χ0v) is 16.8. The maximum Gasteiger partial charge on any atom is 0.261 e. The van der Waals surface area contributed by atoms with Gasteiger partial charge in [-0.05, 0) is 36.1 Å². The van der Waals surface area contributed by atoms with Crippen molar-refractivity contribution in [1.82, 2.24) is 10.2 Å². The van der Waals surface area contributed by atoms with Crippen LogP contribution in [-0.4, -0.2) is 43.2 Å². The molecule has 5 nitrogen and oxygen atoms in total. The second kappa shape index (κ2) is 10.2. The van der Waals surface area contributed by atoms with E-state index < -0.39 is 6.10 Å². The van der Waals surface area contributed by atoms with E-state index in [-0.39, 0.29) is 5.91 Å². The molecule has 2 aromatic carbocycles. The Morgan fingerprint density at radius 2 is 1.89 bits per heavy atom. The van der Waals surface area contributed by atoms with Crippen LogP contribution in [0.1, 0.15) is 30.0 Å². The van der Waals surface area contributed by atoms with Crippen LogP contribution in [-0.2, 0) is 22.6 Å². The molecule has 0 aliphatic carbocycles. The minimum absolute atomic E-state index is 0.0793. The molecule has 1 fully saturated rings. The first-order chi connectivity index (χ1) is 13.7. The highest BCUT2D eigenvalue weighted by Crippen LogP contribution is 2.19. The van der Waals surface area contributed by atoms with Crippen molar-refractivity contribution < 1.29 is 14.3 Å². The number of rotatable bonds is 8. The van der Waals surface area contributed by atoms with Crippen molar-refractivity contribution >= 4 is 5.91 Å². The number of carbonyl (C=O) groups excluding carboxylic acids is 1. The Kier molecular flexibility index (Phi) is 7.46. The number of ether oxygens (including phenoxy) is 2. The molecule has 1 aliphatic heterocycles. The van der Waals surface area contributed by atoms with Crippen LogP contribution >= 0.6 is 0 Å². The monoisotopic (exact) mass is 382 g/mol. The lowest BCUT2D eigenvalue weighted by molar-refractivity contribution is -0.128. The number of morpholine rings is 1. The van der Waals surface area contributed by atoms with Gasteiger partial charge in [0.25, 0.3) is 5.91 Å². The van der Waals surface area contributed by atoms with Crippen molar-refractivity contribution in [3.8, 4) is 5.75 Å². The van der Waals surface area contributed by atoms with Crippen molar-refractivity contribution in [2.45, 2.75) is 39.5 Å². The summed E-state index contributed by atoms with van der Waals surface area (Å²) in [5.41, 5.74) is 3.39. The van der Waals surface area contributed by atoms with E-state index in [1.807, 2.05) is 44.2 Å². The number of nitrogens with one attached hydrogen (secondary N) is 1. The van der Waals surface area contributed by atoms with Gasteiger partial charge in [0.15, 0.2) is 6.10 Å². The predicted molar refractivity (Wildman–Crippen MR) is 110 cm³/mol. The van der Waals surface area contributed by atoms with Gasteiger partial charge in [0.05, 0.1) is 13.2 Å². The Bertz CT molecular complexity index is 772. The van der Waals surface area contributed by atoms with Crippen LogP contribution < -0.4 is 10.1 Å². The highest BCUT2D eigenvalue weighted by atomic mass is 16.5. The van der Waals surface area contributed by atoms with Crippen LogP contribution in [0.15, 0.2) is 48.5 Å². The summed E-state index contributed by atoms with van der Waals surface area (Å²) in [6.45, 7) is 8.91. The number of amides is 1. The fourth-order valence-electron chi connectivity index (χ4n) is 3.32. The molecule has 0 saturated carbocycles. The molecule has 1 heterocycles. The number of benzene rings is 2. The third kappa shape index (κ3) is 5.81. The SMILES string of the molecule is CC[C@@H](Oc1ccccc1C)C(=O)NCc1cccc(CN2CCOCC2)c1. The Balaban J connectivity index is 1.54. The largest absolute Gasteiger partial charge is 0.480 e. The molecular formula is C23H30N2O3. The smallest absolute Gasteiger partial charge is 0.261 e. The molecule has 0 bridgehead atoms. The van der Waals surface area contributed by atoms with Crippen molar-refractivity contribution in [3.63, 3.8) is 0 Å². The summed E-state index contributed by atoms with van der Waals surface area (Å²) in [6.07, 6.45) is 0.134. The van der Waals surface area contributed by atoms with E-state index in [4.69, 9.17) is 9.47 Å². The second-order valence-electron chi connectivity index (χ2n) is 7.21. The van der Waals surface area contributed by atoms with Crippen LogP contribution in [0.2, 0.25) is 0 Å². The average molecular weight is 383 g/mol. The van der Waals surface area contributed by atoms with Gasteiger partial charge in [-0.2, -0.15) is 0 Å². The minimum atomic E-state index is -0.488. The first-order valence-corrected chi connectivity index (χ1v) is 10.0. The third-order valence-corrected chi connectivity index (χ3v) is 4.99. The standard InChI is InChI=1S/C23H30N2O3/c1-3-21(28-22-10-5-4-7-18(22)2)23(26)24-16-19-8-6-9-20(15-19)17-25-11-13-27-14-12-25/h4-10,15,21H,3,11-14,16-17H2,1-2H3,(H,24,26)/t21-/m1/s1. The number of hydrogen-bond acceptors (Lipinski definition) is 4. The normalized spacial score (nSPS) is 15.8. The van der Waals surface area contributed by atoms with Gasteiger partial charge >= 0.3 is 0 Å². The summed E-state index contributed by atoms with van der Waals surface area (Å²) in [4.78, 5) is 15.0. The summed E-state index contributed by atoms with van der Waals surface area (Å²) in [7, 11) is 0. The van der Waals surface area contributed by atoms with E-state index in [9.17, 15) is 4.79 Å². The molecule has 150 valence electrons. The highest BCUT2D eigenvalue weighted by Gasteiger charge is 2.19. The fraction of sp³-hybridized carbons (Fsp3) is 0.435. The quantitative estimate of drug-likeness (QED) is 0.761. The first-order valence-electron chi connectivity index (χ1n) is 10.0. The van der Waals surface area contributed by atoms with Crippen molar-refractivity contribution in [2.75, 3.05) is 26.3 Å². The molecule has 0 unspecified atom stereocenters. The topological polar surface area (TPSA) is 50.8 Å². The van der Waals surface area contributed by atoms with Crippen molar-refractivity contribution in [3.05, 3.63) is 65.2 Å². The molecule has 28 heavy (non-hydrogen) atoms. The van der Waals surface area contributed by atoms with Gasteiger partial charge < -0.3 is 14.8 Å². The number of nitrogens with zero attached hydrogens (tertiary/aromatic N) is 1. The Hall–Kier alpha value is -2.37. The van der Waals surface area contributed by atoms with Gasteiger partial charge in [0.1, 0.15) is 5.75 Å². The Morgan fingerprint density at radius 1 is 1.14 bits per heavy atom. The number of hydrogen-bond donors (Lipinski definition) is 1. The second-order valence-corrected chi connectivity index (χ2v) is 7.21. The molecule has 2 aromatic rings. The lowest BCUT2D eigenvalue weighted by Gasteiger charge is -2.26. The van der Waals surface area contributed by atoms with Crippen LogP contribution in [0, 0.1) is 6.92 Å². The van der Waals surface area contributed by atoms with Crippen molar-refractivity contribution in [1.29, 1.82) is 0 Å². The zero-order chi connectivity index (χ0) is 19.8. The van der Waals surface area contributed by atoms with Crippen LogP contribution in [0.3, 0.4) is 0 Å². The summed E-state index contributed by atoms with van der Waals surface area (Å²) in [5.74, 6) is 0.682. The van der Waals surface area contributed by atoms with E-state index in [2.05, 4.69) is 28.4 Å². The zero-order valence-electron chi connectivity index (χ0n) is 16.8. The number of carbonyl (C=O) groups is 1. The van der Waals surface area contributed by atoms with Gasteiger partial charge in [-0.25, -0.2) is 0 Å². The molecule has 1 amide bonds. The average Bonchev–Trinajstić information content (AvgIpc) is 2.72. The van der Waals surface area contributed by atoms with E-state index in [0.717, 1.165) is 49.7 Å². The molecule has 3 rings (SSSR count). The molecule has 0 aromatic heterocycles. The summed E-state index contributed by atoms with van der Waals surface area (Å²) in [6, 6.07) is 16.2. The van der Waals surface area contributed by atoms with Gasteiger partial charge in [0, 0.05) is 26.2 Å². The van der Waals surface area contributed by atoms with E-state index >= 15 is 0 Å². The van der Waals surface area contributed by atoms with Crippen molar-refractivity contribution in [2.24, 2.45) is 0 Å². The number of para-hydroxylation sites is 1. The third-order valence-electron chi connectivity index (χ3n) is 4.99. The summed E-state index contributed by atoms with van der Waals surface area (Å²) in [5, 5.41) is 3.02. The maximum absolute atomic E-state index is 12.6. The molecule has 1 saturated heterocycles. The first kappa shape index (κ1) is 20.4. The summed E-state index contributed by atoms with van der Waals surface area (Å²) < 4.78 is 11.3. The van der Waals surface area contributed by atoms with E-state index in [0.29, 0.717) is 13.0 Å². The minimum Gasteiger partial charge on any atom is -0.480 e. The highest BCUT2D eigenvalue weighted by molar-refractivity contribution is 5.81. The Morgan fingerprint density at radius 3 is 2.64 bits per heavy atom. The molecule has 5 heteroatoms. The maximum atomic E-state index is 12.6. The van der Waals surface area contributed by atoms with E-state index in [1.54, 1.807) is 0 Å².